The molecule has 0 aliphatic heterocycles. The smallest absolute Gasteiger partial charge is 0.167 e. The molecule has 0 fully saturated rings. The Morgan fingerprint density at radius 1 is 1.64 bits per heavy atom. The number of hydrogen-bond donors (Lipinski definition) is 0. The first-order valence-electron chi connectivity index (χ1n) is 3.12. The molecule has 2 radical (unpaired) electrons. The van der Waals surface area contributed by atoms with Gasteiger partial charge in [0.25, 0.3) is 0 Å². The van der Waals surface area contributed by atoms with Crippen LogP contribution in [0.3, 0.4) is 0 Å². The maximum absolute atomic E-state index is 5.05. The molecule has 0 saturated heterocycles. The molecule has 54 valence electrons. The first-order chi connectivity index (χ1) is 5.24. The number of allylic oxidation sites excluding steroid dienone is 5. The van der Waals surface area contributed by atoms with Crippen LogP contribution in [0.1, 0.15) is 6.92 Å². The molecular formula is C9H8BBr. The molecule has 0 saturated carbocycles. The molecule has 0 aliphatic carbocycles. The van der Waals surface area contributed by atoms with Gasteiger partial charge in [-0.25, -0.2) is 0 Å². The van der Waals surface area contributed by atoms with Gasteiger partial charge in [0, 0.05) is 10.1 Å². The lowest BCUT2D eigenvalue weighted by Crippen LogP contribution is -1.72. The standard InChI is InChI=1S/C9H8BBr/c1-3-8(5-6-10)7-9(11)4-2/h3-4,7H,2H2,1H3/b8-3-,9-7+. The summed E-state index contributed by atoms with van der Waals surface area (Å²) < 4.78 is 0.897. The van der Waals surface area contributed by atoms with E-state index in [9.17, 15) is 0 Å². The second-order valence-corrected chi connectivity index (χ2v) is 2.66. The highest BCUT2D eigenvalue weighted by Crippen LogP contribution is 2.09. The first kappa shape index (κ1) is 10.3. The van der Waals surface area contributed by atoms with Gasteiger partial charge >= 0.3 is 0 Å². The molecule has 0 aliphatic rings. The summed E-state index contributed by atoms with van der Waals surface area (Å²) in [4.78, 5) is 0. The van der Waals surface area contributed by atoms with Crippen LogP contribution >= 0.6 is 15.9 Å². The molecule has 2 heteroatoms. The Balaban J connectivity index is 4.53. The molecule has 0 aromatic carbocycles. The van der Waals surface area contributed by atoms with E-state index >= 15 is 0 Å². The van der Waals surface area contributed by atoms with Crippen LogP contribution in [-0.4, -0.2) is 7.85 Å². The van der Waals surface area contributed by atoms with E-state index in [-0.39, 0.29) is 0 Å². The Labute approximate surface area is 77.6 Å². The minimum absolute atomic E-state index is 0.874. The van der Waals surface area contributed by atoms with E-state index in [1.807, 2.05) is 19.1 Å². The van der Waals surface area contributed by atoms with Crippen molar-refractivity contribution in [1.29, 1.82) is 0 Å². The molecule has 11 heavy (non-hydrogen) atoms. The van der Waals surface area contributed by atoms with Crippen molar-refractivity contribution in [3.63, 3.8) is 0 Å². The SMILES string of the molecule is [B]C#CC(/C=C(/Br)C=C)=C/C. The molecule has 0 nitrogen and oxygen atoms in total. The van der Waals surface area contributed by atoms with Gasteiger partial charge < -0.3 is 0 Å². The average Bonchev–Trinajstić information content (AvgIpc) is 2.03. The highest BCUT2D eigenvalue weighted by Gasteiger charge is 1.85. The van der Waals surface area contributed by atoms with Gasteiger partial charge in [0.05, 0.1) is 0 Å². The van der Waals surface area contributed by atoms with Crippen LogP contribution in [-0.2, 0) is 0 Å². The van der Waals surface area contributed by atoms with E-state index in [4.69, 9.17) is 7.85 Å². The van der Waals surface area contributed by atoms with Crippen LogP contribution in [0.25, 0.3) is 0 Å². The lowest BCUT2D eigenvalue weighted by atomic mass is 10.1. The Morgan fingerprint density at radius 3 is 2.64 bits per heavy atom. The second-order valence-electron chi connectivity index (χ2n) is 1.75. The fourth-order valence-corrected chi connectivity index (χ4v) is 0.729. The van der Waals surface area contributed by atoms with E-state index in [1.165, 1.54) is 0 Å². The van der Waals surface area contributed by atoms with Crippen molar-refractivity contribution >= 4 is 23.8 Å². The molecule has 0 atom stereocenters. The molecular weight excluding hydrogens is 199 g/mol. The molecule has 0 aromatic rings. The number of halogens is 1. The van der Waals surface area contributed by atoms with E-state index in [0.29, 0.717) is 0 Å². The highest BCUT2D eigenvalue weighted by molar-refractivity contribution is 9.11. The Hall–Kier alpha value is -0.675. The maximum Gasteiger partial charge on any atom is 0.188 e. The zero-order chi connectivity index (χ0) is 8.69. The van der Waals surface area contributed by atoms with E-state index in [2.05, 4.69) is 34.2 Å². The van der Waals surface area contributed by atoms with Gasteiger partial charge in [-0.15, -0.1) is 0 Å². The molecule has 0 amide bonds. The first-order valence-corrected chi connectivity index (χ1v) is 3.91. The summed E-state index contributed by atoms with van der Waals surface area (Å²) in [5, 5.41) is 0. The van der Waals surface area contributed by atoms with E-state index < -0.39 is 0 Å². The second kappa shape index (κ2) is 6.06. The molecule has 0 unspecified atom stereocenters. The predicted octanol–water partition coefficient (Wildman–Crippen LogP) is 2.53. The third kappa shape index (κ3) is 4.69. The van der Waals surface area contributed by atoms with Gasteiger partial charge in [-0.3, -0.25) is 0 Å². The summed E-state index contributed by atoms with van der Waals surface area (Å²) in [5.41, 5.74) is 0.874. The van der Waals surface area contributed by atoms with Gasteiger partial charge in [-0.1, -0.05) is 40.6 Å². The van der Waals surface area contributed by atoms with Crippen molar-refractivity contribution in [2.75, 3.05) is 0 Å². The average molecular weight is 207 g/mol. The third-order valence-electron chi connectivity index (χ3n) is 1.02. The van der Waals surface area contributed by atoms with Crippen molar-refractivity contribution in [2.24, 2.45) is 0 Å². The maximum atomic E-state index is 5.05. The van der Waals surface area contributed by atoms with Crippen LogP contribution in [0, 0.1) is 11.7 Å². The highest BCUT2D eigenvalue weighted by atomic mass is 79.9. The molecule has 0 spiro atoms. The summed E-state index contributed by atoms with van der Waals surface area (Å²) in [6.45, 7) is 5.49. The summed E-state index contributed by atoms with van der Waals surface area (Å²) in [6.07, 6.45) is 5.43. The Bertz CT molecular complexity index is 250. The van der Waals surface area contributed by atoms with Gasteiger partial charge in [0.2, 0.25) is 0 Å². The van der Waals surface area contributed by atoms with Gasteiger partial charge in [-0.05, 0) is 13.0 Å². The van der Waals surface area contributed by atoms with E-state index in [0.717, 1.165) is 10.1 Å². The zero-order valence-electron chi connectivity index (χ0n) is 6.39. The fraction of sp³-hybridized carbons (Fsp3) is 0.111. The topological polar surface area (TPSA) is 0 Å². The van der Waals surface area contributed by atoms with Crippen LogP contribution in [0.15, 0.2) is 34.9 Å². The predicted molar refractivity (Wildman–Crippen MR) is 54.5 cm³/mol. The van der Waals surface area contributed by atoms with Crippen LogP contribution in [0.4, 0.5) is 0 Å². The molecule has 0 aromatic heterocycles. The van der Waals surface area contributed by atoms with Crippen molar-refractivity contribution in [1.82, 2.24) is 0 Å². The van der Waals surface area contributed by atoms with Gasteiger partial charge in [0.1, 0.15) is 0 Å². The van der Waals surface area contributed by atoms with Gasteiger partial charge in [0.15, 0.2) is 7.85 Å². The van der Waals surface area contributed by atoms with Crippen LogP contribution in [0.5, 0.6) is 0 Å². The van der Waals surface area contributed by atoms with Crippen molar-refractivity contribution in [3.05, 3.63) is 34.9 Å². The lowest BCUT2D eigenvalue weighted by molar-refractivity contribution is 1.64. The monoisotopic (exact) mass is 206 g/mol. The minimum atomic E-state index is 0.874. The largest absolute Gasteiger partial charge is 0.188 e. The minimum Gasteiger partial charge on any atom is -0.167 e. The number of rotatable bonds is 2. The van der Waals surface area contributed by atoms with Crippen molar-refractivity contribution < 1.29 is 0 Å². The lowest BCUT2D eigenvalue weighted by Gasteiger charge is -1.89. The summed E-state index contributed by atoms with van der Waals surface area (Å²) in [7, 11) is 5.05. The summed E-state index contributed by atoms with van der Waals surface area (Å²) in [6, 6.07) is 0. The van der Waals surface area contributed by atoms with Crippen molar-refractivity contribution in [3.8, 4) is 11.7 Å². The quantitative estimate of drug-likeness (QED) is 0.370. The van der Waals surface area contributed by atoms with Crippen LogP contribution < -0.4 is 0 Å². The number of hydrogen-bond acceptors (Lipinski definition) is 0. The fourth-order valence-electron chi connectivity index (χ4n) is 0.482. The Kier molecular flexibility index (Phi) is 5.69. The summed E-state index contributed by atoms with van der Waals surface area (Å²) >= 11 is 3.28. The molecule has 0 heterocycles. The third-order valence-corrected chi connectivity index (χ3v) is 1.57. The van der Waals surface area contributed by atoms with E-state index in [1.54, 1.807) is 6.08 Å². The normalized spacial score (nSPS) is 11.8. The molecule has 0 N–H and O–H groups in total. The van der Waals surface area contributed by atoms with Gasteiger partial charge in [-0.2, -0.15) is 5.82 Å². The molecule has 0 rings (SSSR count). The Morgan fingerprint density at radius 2 is 2.27 bits per heavy atom. The van der Waals surface area contributed by atoms with Crippen LogP contribution in [0.2, 0.25) is 0 Å². The summed E-state index contributed by atoms with van der Waals surface area (Å²) in [5.74, 6) is 5.06. The zero-order valence-corrected chi connectivity index (χ0v) is 7.98. The molecule has 0 bridgehead atoms. The van der Waals surface area contributed by atoms with Crippen molar-refractivity contribution in [2.45, 2.75) is 6.92 Å².